The molecule has 0 fully saturated rings. The van der Waals surface area contributed by atoms with Crippen molar-refractivity contribution in [3.05, 3.63) is 104 Å². The first-order valence-electron chi connectivity index (χ1n) is 12.1. The molecule has 0 amide bonds. The number of benzene rings is 3. The van der Waals surface area contributed by atoms with Gasteiger partial charge in [-0.1, -0.05) is 42.5 Å². The summed E-state index contributed by atoms with van der Waals surface area (Å²) >= 11 is 0. The summed E-state index contributed by atoms with van der Waals surface area (Å²) in [6.45, 7) is 2.22. The van der Waals surface area contributed by atoms with E-state index in [0.29, 0.717) is 22.4 Å². The van der Waals surface area contributed by atoms with Gasteiger partial charge in [0.05, 0.1) is 39.7 Å². The van der Waals surface area contributed by atoms with Gasteiger partial charge in [-0.05, 0) is 42.3 Å². The molecule has 5 aromatic rings. The van der Waals surface area contributed by atoms with Crippen molar-refractivity contribution in [3.8, 4) is 28.4 Å². The highest BCUT2D eigenvalue weighted by Crippen LogP contribution is 2.47. The molecule has 1 unspecified atom stereocenters. The van der Waals surface area contributed by atoms with Crippen LogP contribution in [0.1, 0.15) is 22.9 Å². The third kappa shape index (κ3) is 2.89. The highest BCUT2D eigenvalue weighted by Gasteiger charge is 2.35. The molecule has 37 heavy (non-hydrogen) atoms. The summed E-state index contributed by atoms with van der Waals surface area (Å²) in [7, 11) is 3.26. The van der Waals surface area contributed by atoms with Crippen molar-refractivity contribution in [3.63, 3.8) is 0 Å². The van der Waals surface area contributed by atoms with Crippen molar-refractivity contribution in [2.75, 3.05) is 12.1 Å². The summed E-state index contributed by atoms with van der Waals surface area (Å²) in [4.78, 5) is 27.0. The van der Waals surface area contributed by atoms with Gasteiger partial charge < -0.3 is 19.4 Å². The predicted octanol–water partition coefficient (Wildman–Crippen LogP) is 4.25. The predicted molar refractivity (Wildman–Crippen MR) is 142 cm³/mol. The van der Waals surface area contributed by atoms with Crippen LogP contribution in [0.25, 0.3) is 27.8 Å². The molecule has 4 heterocycles. The van der Waals surface area contributed by atoms with Crippen molar-refractivity contribution in [2.45, 2.75) is 13.0 Å². The molecule has 2 aromatic heterocycles. The second kappa shape index (κ2) is 7.64. The van der Waals surface area contributed by atoms with Crippen LogP contribution in [-0.2, 0) is 14.1 Å². The van der Waals surface area contributed by atoms with Gasteiger partial charge in [0.2, 0.25) is 6.79 Å². The second-order valence-electron chi connectivity index (χ2n) is 9.52. The van der Waals surface area contributed by atoms with E-state index in [0.717, 1.165) is 39.5 Å². The van der Waals surface area contributed by atoms with Crippen LogP contribution >= 0.6 is 0 Å². The Kier molecular flexibility index (Phi) is 4.45. The van der Waals surface area contributed by atoms with Gasteiger partial charge in [-0.3, -0.25) is 13.9 Å². The first-order valence-corrected chi connectivity index (χ1v) is 12.1. The molecule has 0 bridgehead atoms. The van der Waals surface area contributed by atoms with E-state index in [1.54, 1.807) is 11.6 Å². The van der Waals surface area contributed by atoms with E-state index in [1.165, 1.54) is 11.6 Å². The molecule has 1 N–H and O–H groups in total. The van der Waals surface area contributed by atoms with Crippen LogP contribution in [0.3, 0.4) is 0 Å². The summed E-state index contributed by atoms with van der Waals surface area (Å²) in [5, 5.41) is 4.18. The van der Waals surface area contributed by atoms with Gasteiger partial charge in [-0.2, -0.15) is 0 Å². The average Bonchev–Trinajstić information content (AvgIpc) is 3.53. The lowest BCUT2D eigenvalue weighted by atomic mass is 9.99. The summed E-state index contributed by atoms with van der Waals surface area (Å²) in [5.74, 6) is 1.37. The molecule has 0 saturated heterocycles. The van der Waals surface area contributed by atoms with Crippen LogP contribution < -0.4 is 26.0 Å². The smallest absolute Gasteiger partial charge is 0.331 e. The second-order valence-corrected chi connectivity index (χ2v) is 9.52. The zero-order chi connectivity index (χ0) is 25.4. The quantitative estimate of drug-likeness (QED) is 0.399. The summed E-state index contributed by atoms with van der Waals surface area (Å²) in [6, 6.07) is 21.6. The minimum absolute atomic E-state index is 0.182. The number of fused-ring (bicyclic) bond motifs is 6. The lowest BCUT2D eigenvalue weighted by Crippen LogP contribution is -2.37. The fourth-order valence-electron chi connectivity index (χ4n) is 5.65. The topological polar surface area (TPSA) is 79.4 Å². The Morgan fingerprint density at radius 1 is 0.892 bits per heavy atom. The summed E-state index contributed by atoms with van der Waals surface area (Å²) in [5.41, 5.74) is 6.27. The molecule has 2 aliphatic rings. The third-order valence-electron chi connectivity index (χ3n) is 7.46. The number of hydrogen-bond donors (Lipinski definition) is 1. The van der Waals surface area contributed by atoms with Crippen LogP contribution in [0, 0.1) is 6.92 Å². The van der Waals surface area contributed by atoms with Crippen molar-refractivity contribution < 1.29 is 9.47 Å². The Labute approximate surface area is 211 Å². The number of para-hydroxylation sites is 2. The molecule has 0 saturated carbocycles. The minimum Gasteiger partial charge on any atom is -0.454 e. The fraction of sp³-hybridized carbons (Fsp3) is 0.172. The van der Waals surface area contributed by atoms with Crippen molar-refractivity contribution in [2.24, 2.45) is 14.1 Å². The molecule has 8 heteroatoms. The van der Waals surface area contributed by atoms with Gasteiger partial charge >= 0.3 is 5.69 Å². The number of aromatic nitrogens is 3. The van der Waals surface area contributed by atoms with Crippen LogP contribution in [-0.4, -0.2) is 20.5 Å². The Morgan fingerprint density at radius 2 is 1.65 bits per heavy atom. The lowest BCUT2D eigenvalue weighted by molar-refractivity contribution is 0.174. The Balaban J connectivity index is 1.69. The zero-order valence-electron chi connectivity index (χ0n) is 20.6. The largest absolute Gasteiger partial charge is 0.454 e. The summed E-state index contributed by atoms with van der Waals surface area (Å²) < 4.78 is 16.1. The Hall–Kier alpha value is -4.72. The number of anilines is 1. The van der Waals surface area contributed by atoms with Gasteiger partial charge in [-0.25, -0.2) is 4.79 Å². The monoisotopic (exact) mass is 492 g/mol. The van der Waals surface area contributed by atoms with Crippen molar-refractivity contribution >= 4 is 16.6 Å². The number of nitrogens with zero attached hydrogens (tertiary/aromatic N) is 3. The molecule has 184 valence electrons. The maximum atomic E-state index is 13.8. The molecule has 2 aliphatic heterocycles. The molecule has 0 radical (unpaired) electrons. The van der Waals surface area contributed by atoms with E-state index >= 15 is 0 Å². The van der Waals surface area contributed by atoms with Gasteiger partial charge in [-0.15, -0.1) is 0 Å². The first-order chi connectivity index (χ1) is 18.0. The molecule has 8 nitrogen and oxygen atoms in total. The van der Waals surface area contributed by atoms with E-state index in [1.807, 2.05) is 73.7 Å². The van der Waals surface area contributed by atoms with E-state index in [-0.39, 0.29) is 24.1 Å². The lowest BCUT2D eigenvalue weighted by Gasteiger charge is -2.31. The molecule has 0 spiro atoms. The van der Waals surface area contributed by atoms with Crippen LogP contribution in [0.2, 0.25) is 0 Å². The number of hydrogen-bond acceptors (Lipinski definition) is 5. The van der Waals surface area contributed by atoms with Crippen molar-refractivity contribution in [1.82, 2.24) is 13.7 Å². The van der Waals surface area contributed by atoms with Crippen molar-refractivity contribution in [1.29, 1.82) is 0 Å². The van der Waals surface area contributed by atoms with E-state index < -0.39 is 0 Å². The number of aryl methyl sites for hydroxylation is 2. The molecule has 3 aromatic carbocycles. The third-order valence-corrected chi connectivity index (χ3v) is 7.46. The Morgan fingerprint density at radius 3 is 2.49 bits per heavy atom. The molecular formula is C29H24N4O4. The highest BCUT2D eigenvalue weighted by molar-refractivity contribution is 6.00. The SMILES string of the molecule is Cc1ccccc1-c1c2c(=O)n(C)c(=O)n(C)c2c2n1-c1ccccc1NC2c1ccc2c(c1)OCO2. The average molecular weight is 493 g/mol. The van der Waals surface area contributed by atoms with E-state index in [2.05, 4.69) is 9.88 Å². The van der Waals surface area contributed by atoms with E-state index in [4.69, 9.17) is 9.47 Å². The maximum Gasteiger partial charge on any atom is 0.331 e. The number of rotatable bonds is 2. The van der Waals surface area contributed by atoms with Gasteiger partial charge in [0.15, 0.2) is 11.5 Å². The number of ether oxygens (including phenoxy) is 2. The fourth-order valence-corrected chi connectivity index (χ4v) is 5.65. The molecule has 1 atom stereocenters. The van der Waals surface area contributed by atoms with Crippen LogP contribution in [0.5, 0.6) is 11.5 Å². The summed E-state index contributed by atoms with van der Waals surface area (Å²) in [6.07, 6.45) is 0. The molecule has 0 aliphatic carbocycles. The van der Waals surface area contributed by atoms with Gasteiger partial charge in [0, 0.05) is 19.7 Å². The molecular weight excluding hydrogens is 468 g/mol. The normalized spacial score (nSPS) is 15.4. The van der Waals surface area contributed by atoms with Crippen LogP contribution in [0.4, 0.5) is 5.69 Å². The minimum atomic E-state index is -0.370. The van der Waals surface area contributed by atoms with Gasteiger partial charge in [0.25, 0.3) is 5.56 Å². The number of nitrogens with one attached hydrogen (secondary N) is 1. The van der Waals surface area contributed by atoms with Gasteiger partial charge in [0.1, 0.15) is 0 Å². The molecule has 7 rings (SSSR count). The van der Waals surface area contributed by atoms with E-state index in [9.17, 15) is 9.59 Å². The zero-order valence-corrected chi connectivity index (χ0v) is 20.6. The standard InChI is InChI=1S/C29H24N4O4/c1-16-8-4-5-9-18(16)25-23-26(31(2)29(35)32(3)28(23)34)27-24(17-12-13-21-22(14-17)37-15-36-21)30-19-10-6-7-11-20(19)33(25)27/h4-14,24,30H,15H2,1-3H3. The first kappa shape index (κ1) is 21.6. The van der Waals surface area contributed by atoms with Crippen LogP contribution in [0.15, 0.2) is 76.3 Å². The maximum absolute atomic E-state index is 13.8. The highest BCUT2D eigenvalue weighted by atomic mass is 16.7. The Bertz CT molecular complexity index is 1880.